The highest BCUT2D eigenvalue weighted by Gasteiger charge is 2.19. The van der Waals surface area contributed by atoms with Crippen molar-refractivity contribution in [2.24, 2.45) is 0 Å². The Hall–Kier alpha value is -2.89. The molecule has 6 nitrogen and oxygen atoms in total. The normalized spacial score (nSPS) is 12.4. The number of allylic oxidation sites excluding steroid dienone is 10. The lowest BCUT2D eigenvalue weighted by Crippen LogP contribution is -2.30. The lowest BCUT2D eigenvalue weighted by molar-refractivity contribution is -0.167. The Balaban J connectivity index is 4.34. The number of carbonyl (C=O) groups excluding carboxylic acids is 3. The zero-order chi connectivity index (χ0) is 55.7. The fraction of sp³-hybridized carbons (Fsp3) is 0.817. The predicted molar refractivity (Wildman–Crippen MR) is 335 cm³/mol. The Bertz CT molecular complexity index is 1380. The van der Waals surface area contributed by atoms with Crippen molar-refractivity contribution >= 4 is 17.9 Å². The smallest absolute Gasteiger partial charge is 0.306 e. The van der Waals surface area contributed by atoms with E-state index < -0.39 is 6.10 Å². The summed E-state index contributed by atoms with van der Waals surface area (Å²) < 4.78 is 17.0. The first-order valence-corrected chi connectivity index (χ1v) is 33.8. The third kappa shape index (κ3) is 63.8. The zero-order valence-electron chi connectivity index (χ0n) is 51.5. The molecule has 0 heterocycles. The van der Waals surface area contributed by atoms with Crippen LogP contribution in [0.25, 0.3) is 0 Å². The van der Waals surface area contributed by atoms with Crippen LogP contribution in [0.15, 0.2) is 60.8 Å². The van der Waals surface area contributed by atoms with Crippen LogP contribution in [0, 0.1) is 0 Å². The van der Waals surface area contributed by atoms with Gasteiger partial charge in [-0.15, -0.1) is 0 Å². The van der Waals surface area contributed by atoms with Gasteiger partial charge in [-0.05, 0) is 83.5 Å². The fourth-order valence-electron chi connectivity index (χ4n) is 9.96. The highest BCUT2D eigenvalue weighted by atomic mass is 16.6. The average Bonchev–Trinajstić information content (AvgIpc) is 3.43. The topological polar surface area (TPSA) is 78.9 Å². The molecular weight excluding hydrogens is 949 g/mol. The highest BCUT2D eigenvalue weighted by Crippen LogP contribution is 2.18. The minimum atomic E-state index is -0.786. The van der Waals surface area contributed by atoms with Crippen molar-refractivity contribution in [3.63, 3.8) is 0 Å². The molecule has 0 radical (unpaired) electrons. The van der Waals surface area contributed by atoms with Crippen LogP contribution < -0.4 is 0 Å². The van der Waals surface area contributed by atoms with E-state index in [1.807, 2.05) is 0 Å². The molecule has 0 N–H and O–H groups in total. The Kier molecular flexibility index (Phi) is 63.2. The molecule has 0 fully saturated rings. The molecule has 0 aromatic rings. The summed E-state index contributed by atoms with van der Waals surface area (Å²) in [5, 5.41) is 0. The second-order valence-corrected chi connectivity index (χ2v) is 22.7. The molecule has 0 aliphatic heterocycles. The summed E-state index contributed by atoms with van der Waals surface area (Å²) in [5.74, 6) is -0.884. The quantitative estimate of drug-likeness (QED) is 0.0261. The molecule has 6 heteroatoms. The summed E-state index contributed by atoms with van der Waals surface area (Å²) in [6.07, 6.45) is 83.8. The maximum absolute atomic E-state index is 12.9. The second kappa shape index (κ2) is 65.6. The van der Waals surface area contributed by atoms with Crippen molar-refractivity contribution < 1.29 is 28.6 Å². The van der Waals surface area contributed by atoms with E-state index in [9.17, 15) is 14.4 Å². The largest absolute Gasteiger partial charge is 0.462 e. The van der Waals surface area contributed by atoms with Crippen molar-refractivity contribution in [3.8, 4) is 0 Å². The number of hydrogen-bond acceptors (Lipinski definition) is 6. The van der Waals surface area contributed by atoms with Crippen LogP contribution in [0.5, 0.6) is 0 Å². The molecule has 1 atom stereocenters. The monoisotopic (exact) mass is 1080 g/mol. The fourth-order valence-corrected chi connectivity index (χ4v) is 9.96. The summed E-state index contributed by atoms with van der Waals surface area (Å²) in [6, 6.07) is 0. The molecule has 1 unspecified atom stereocenters. The second-order valence-electron chi connectivity index (χ2n) is 22.7. The summed E-state index contributed by atoms with van der Waals surface area (Å²) in [7, 11) is 0. The first kappa shape index (κ1) is 74.1. The van der Waals surface area contributed by atoms with Crippen LogP contribution in [0.1, 0.15) is 355 Å². The van der Waals surface area contributed by atoms with Gasteiger partial charge in [0.1, 0.15) is 13.2 Å². The van der Waals surface area contributed by atoms with E-state index in [4.69, 9.17) is 14.2 Å². The van der Waals surface area contributed by atoms with Gasteiger partial charge >= 0.3 is 17.9 Å². The first-order chi connectivity index (χ1) is 38.0. The van der Waals surface area contributed by atoms with Gasteiger partial charge < -0.3 is 14.2 Å². The molecule has 0 spiro atoms. The van der Waals surface area contributed by atoms with E-state index in [1.54, 1.807) is 0 Å². The molecule has 0 aliphatic rings. The molecule has 0 aromatic carbocycles. The minimum Gasteiger partial charge on any atom is -0.462 e. The molecule has 0 amide bonds. The maximum Gasteiger partial charge on any atom is 0.306 e. The Morgan fingerprint density at radius 3 is 0.805 bits per heavy atom. The number of rotatable bonds is 62. The Labute approximate surface area is 479 Å². The van der Waals surface area contributed by atoms with E-state index in [0.29, 0.717) is 19.3 Å². The van der Waals surface area contributed by atoms with E-state index in [0.717, 1.165) is 96.3 Å². The molecule has 0 saturated carbocycles. The van der Waals surface area contributed by atoms with Crippen LogP contribution >= 0.6 is 0 Å². The first-order valence-electron chi connectivity index (χ1n) is 33.8. The van der Waals surface area contributed by atoms with Gasteiger partial charge in [0.15, 0.2) is 6.10 Å². The van der Waals surface area contributed by atoms with E-state index in [2.05, 4.69) is 81.5 Å². The van der Waals surface area contributed by atoms with Crippen LogP contribution in [0.4, 0.5) is 0 Å². The number of carbonyl (C=O) groups is 3. The van der Waals surface area contributed by atoms with Gasteiger partial charge in [-0.1, -0.05) is 313 Å². The molecule has 448 valence electrons. The summed E-state index contributed by atoms with van der Waals surface area (Å²) in [6.45, 7) is 6.56. The molecule has 0 bridgehead atoms. The number of ether oxygens (including phenoxy) is 3. The maximum atomic E-state index is 12.9. The van der Waals surface area contributed by atoms with Crippen LogP contribution in [0.3, 0.4) is 0 Å². The molecule has 0 aliphatic carbocycles. The third-order valence-corrected chi connectivity index (χ3v) is 15.0. The van der Waals surface area contributed by atoms with E-state index in [-0.39, 0.29) is 31.1 Å². The van der Waals surface area contributed by atoms with Gasteiger partial charge in [0, 0.05) is 19.3 Å². The molecule has 0 saturated heterocycles. The van der Waals surface area contributed by atoms with Crippen LogP contribution in [-0.4, -0.2) is 37.2 Å². The summed E-state index contributed by atoms with van der Waals surface area (Å²) >= 11 is 0. The SMILES string of the molecule is CC/C=C\C/C=C\C/C=C\C/C=C\CCCCCCC(=O)OCC(COC(=O)CCCCCCCCCCCCCCCCCCCCCCCCC)OC(=O)CCCCCCCCCCC/C=C\CCCCCCCC. The Morgan fingerprint density at radius 2 is 0.506 bits per heavy atom. The van der Waals surface area contributed by atoms with E-state index in [1.165, 1.54) is 218 Å². The van der Waals surface area contributed by atoms with Crippen LogP contribution in [0.2, 0.25) is 0 Å². The summed E-state index contributed by atoms with van der Waals surface area (Å²) in [5.41, 5.74) is 0. The van der Waals surface area contributed by atoms with Gasteiger partial charge in [0.2, 0.25) is 0 Å². The van der Waals surface area contributed by atoms with Crippen LogP contribution in [-0.2, 0) is 28.6 Å². The number of esters is 3. The number of hydrogen-bond donors (Lipinski definition) is 0. The van der Waals surface area contributed by atoms with Crippen molar-refractivity contribution in [3.05, 3.63) is 60.8 Å². The van der Waals surface area contributed by atoms with Gasteiger partial charge in [-0.2, -0.15) is 0 Å². The van der Waals surface area contributed by atoms with Crippen molar-refractivity contribution in [2.45, 2.75) is 361 Å². The highest BCUT2D eigenvalue weighted by molar-refractivity contribution is 5.71. The van der Waals surface area contributed by atoms with Gasteiger partial charge in [-0.25, -0.2) is 0 Å². The van der Waals surface area contributed by atoms with E-state index >= 15 is 0 Å². The lowest BCUT2D eigenvalue weighted by atomic mass is 10.0. The molecular formula is C71H128O6. The van der Waals surface area contributed by atoms with Gasteiger partial charge in [-0.3, -0.25) is 14.4 Å². The molecule has 77 heavy (non-hydrogen) atoms. The molecule has 0 aromatic heterocycles. The van der Waals surface area contributed by atoms with Crippen molar-refractivity contribution in [2.75, 3.05) is 13.2 Å². The summed E-state index contributed by atoms with van der Waals surface area (Å²) in [4.78, 5) is 38.4. The average molecular weight is 1080 g/mol. The number of unbranched alkanes of at least 4 members (excludes halogenated alkanes) is 41. The van der Waals surface area contributed by atoms with Gasteiger partial charge in [0.05, 0.1) is 0 Å². The predicted octanol–water partition coefficient (Wildman–Crippen LogP) is 23.1. The molecule has 0 rings (SSSR count). The zero-order valence-corrected chi connectivity index (χ0v) is 51.5. The standard InChI is InChI=1S/C71H128O6/c1-4-7-10-13-16-19-22-25-28-31-33-34-35-36-38-40-43-46-49-52-55-58-61-64-70(73)76-67-68(66-75-69(72)63-60-57-54-51-48-45-42-39-30-27-24-21-18-15-12-9-6-3)77-71(74)65-62-59-56-53-50-47-44-41-37-32-29-26-23-20-17-14-11-8-5-2/h9,12,18,21,26-27,29-30,42,45,68H,4-8,10-11,13-17,19-20,22-25,28,31-41,43-44,46-67H2,1-3H3/b12-9-,21-18-,29-26-,30-27-,45-42-. The Morgan fingerprint density at radius 1 is 0.273 bits per heavy atom. The van der Waals surface area contributed by atoms with Crippen molar-refractivity contribution in [1.82, 2.24) is 0 Å². The third-order valence-electron chi connectivity index (χ3n) is 15.0. The van der Waals surface area contributed by atoms with Crippen molar-refractivity contribution in [1.29, 1.82) is 0 Å². The lowest BCUT2D eigenvalue weighted by Gasteiger charge is -2.18. The van der Waals surface area contributed by atoms with Gasteiger partial charge in [0.25, 0.3) is 0 Å². The minimum absolute atomic E-state index is 0.0794.